The number of rotatable bonds is 4. The van der Waals surface area contributed by atoms with E-state index in [0.29, 0.717) is 17.8 Å². The average Bonchev–Trinajstić information content (AvgIpc) is 3.05. The van der Waals surface area contributed by atoms with Crippen LogP contribution in [0.2, 0.25) is 0 Å². The van der Waals surface area contributed by atoms with Crippen molar-refractivity contribution in [2.45, 2.75) is 31.5 Å². The summed E-state index contributed by atoms with van der Waals surface area (Å²) >= 11 is 0. The van der Waals surface area contributed by atoms with Crippen LogP contribution in [0.4, 0.5) is 5.82 Å². The quantitative estimate of drug-likeness (QED) is 0.485. The third kappa shape index (κ3) is 2.36. The summed E-state index contributed by atoms with van der Waals surface area (Å²) in [7, 11) is 0. The molecule has 3 rings (SSSR count). The number of hydrogen-bond acceptors (Lipinski definition) is 9. The van der Waals surface area contributed by atoms with E-state index < -0.39 is 24.5 Å². The van der Waals surface area contributed by atoms with Gasteiger partial charge in [-0.1, -0.05) is 5.16 Å². The Bertz CT molecular complexity index is 689. The largest absolute Gasteiger partial charge is 0.396 e. The van der Waals surface area contributed by atoms with Crippen LogP contribution >= 0.6 is 0 Å². The molecule has 1 aliphatic heterocycles. The van der Waals surface area contributed by atoms with Gasteiger partial charge in [-0.05, 0) is 6.92 Å². The molecule has 0 aromatic carbocycles. The normalized spacial score (nSPS) is 28.7. The summed E-state index contributed by atoms with van der Waals surface area (Å²) in [5.74, 6) is 0.228. The lowest BCUT2D eigenvalue weighted by Crippen LogP contribution is -2.32. The zero-order valence-corrected chi connectivity index (χ0v) is 11.8. The lowest BCUT2D eigenvalue weighted by molar-refractivity contribution is -0.0216. The van der Waals surface area contributed by atoms with Crippen LogP contribution in [0.25, 0.3) is 11.2 Å². The molecule has 1 fully saturated rings. The molecule has 0 spiro atoms. The van der Waals surface area contributed by atoms with E-state index >= 15 is 0 Å². The molecule has 10 heteroatoms. The van der Waals surface area contributed by atoms with Gasteiger partial charge in [-0.25, -0.2) is 15.0 Å². The fraction of sp³-hybridized carbons (Fsp3) is 0.500. The van der Waals surface area contributed by atoms with E-state index in [2.05, 4.69) is 20.1 Å². The molecule has 0 saturated carbocycles. The zero-order valence-electron chi connectivity index (χ0n) is 11.8. The van der Waals surface area contributed by atoms with Gasteiger partial charge in [-0.15, -0.1) is 0 Å². The van der Waals surface area contributed by atoms with Crippen LogP contribution < -0.4 is 5.73 Å². The number of ether oxygens (including phenoxy) is 1. The number of imidazole rings is 1. The fourth-order valence-electron chi connectivity index (χ4n) is 2.27. The third-order valence-corrected chi connectivity index (χ3v) is 3.35. The molecule has 22 heavy (non-hydrogen) atoms. The predicted octanol–water partition coefficient (Wildman–Crippen LogP) is -0.950. The van der Waals surface area contributed by atoms with Crippen molar-refractivity contribution in [3.63, 3.8) is 0 Å². The smallest absolute Gasteiger partial charge is 0.167 e. The second kappa shape index (κ2) is 5.83. The summed E-state index contributed by atoms with van der Waals surface area (Å²) in [6.07, 6.45) is 0.0351. The van der Waals surface area contributed by atoms with Gasteiger partial charge < -0.3 is 25.5 Å². The molecule has 2 aromatic rings. The first kappa shape index (κ1) is 14.6. The Morgan fingerprint density at radius 2 is 2.23 bits per heavy atom. The Labute approximate surface area is 125 Å². The molecular formula is C12H16N6O4. The van der Waals surface area contributed by atoms with E-state index in [1.807, 2.05) is 0 Å². The minimum Gasteiger partial charge on any atom is -0.396 e. The molecule has 10 nitrogen and oxygen atoms in total. The summed E-state index contributed by atoms with van der Waals surface area (Å²) < 4.78 is 7.11. The van der Waals surface area contributed by atoms with Crippen LogP contribution in [0.5, 0.6) is 0 Å². The molecule has 3 heterocycles. The first-order valence-corrected chi connectivity index (χ1v) is 6.73. The predicted molar refractivity (Wildman–Crippen MR) is 75.8 cm³/mol. The maximum Gasteiger partial charge on any atom is 0.167 e. The van der Waals surface area contributed by atoms with Crippen LogP contribution in [0, 0.1) is 0 Å². The zero-order chi connectivity index (χ0) is 15.7. The standard InChI is InChI=1S/C12H16N6O4/c1-2-21-17-3-6-8(19)9(20)12(22-6)18-5-16-7-10(13)14-4-15-11(7)18/h3-6,8-9,12,19-20H,2H2,1H3,(H2,13,14,15)/b17-3+/t6-,8-,9-,12-/m1/s1. The Morgan fingerprint density at radius 1 is 1.41 bits per heavy atom. The Hall–Kier alpha value is -2.30. The number of nitrogens with zero attached hydrogens (tertiary/aromatic N) is 5. The van der Waals surface area contributed by atoms with Gasteiger partial charge >= 0.3 is 0 Å². The van der Waals surface area contributed by atoms with Crippen molar-refractivity contribution in [3.8, 4) is 0 Å². The Morgan fingerprint density at radius 3 is 3.00 bits per heavy atom. The molecule has 0 radical (unpaired) electrons. The molecule has 0 aliphatic carbocycles. The number of aromatic nitrogens is 4. The summed E-state index contributed by atoms with van der Waals surface area (Å²) in [6, 6.07) is 0. The van der Waals surface area contributed by atoms with Gasteiger partial charge in [0.2, 0.25) is 0 Å². The average molecular weight is 308 g/mol. The van der Waals surface area contributed by atoms with Gasteiger partial charge in [0, 0.05) is 0 Å². The molecule has 0 bridgehead atoms. The van der Waals surface area contributed by atoms with Gasteiger partial charge in [0.05, 0.1) is 12.5 Å². The lowest BCUT2D eigenvalue weighted by atomic mass is 10.1. The first-order chi connectivity index (χ1) is 10.6. The van der Waals surface area contributed by atoms with E-state index in [0.717, 1.165) is 0 Å². The second-order valence-corrected chi connectivity index (χ2v) is 4.73. The molecule has 0 unspecified atom stereocenters. The van der Waals surface area contributed by atoms with Gasteiger partial charge in [0.15, 0.2) is 17.7 Å². The van der Waals surface area contributed by atoms with Gasteiger partial charge in [-0.3, -0.25) is 4.57 Å². The van der Waals surface area contributed by atoms with E-state index in [1.165, 1.54) is 23.4 Å². The van der Waals surface area contributed by atoms with Crippen molar-refractivity contribution < 1.29 is 19.8 Å². The summed E-state index contributed by atoms with van der Waals surface area (Å²) in [5, 5.41) is 23.9. The van der Waals surface area contributed by atoms with E-state index in [-0.39, 0.29) is 5.82 Å². The van der Waals surface area contributed by atoms with Gasteiger partial charge in [0.1, 0.15) is 36.8 Å². The van der Waals surface area contributed by atoms with Gasteiger partial charge in [0.25, 0.3) is 0 Å². The van der Waals surface area contributed by atoms with Crippen molar-refractivity contribution in [2.24, 2.45) is 5.16 Å². The summed E-state index contributed by atoms with van der Waals surface area (Å²) in [4.78, 5) is 16.9. The molecule has 4 N–H and O–H groups in total. The number of hydrogen-bond donors (Lipinski definition) is 3. The fourth-order valence-corrected chi connectivity index (χ4v) is 2.27. The molecule has 4 atom stereocenters. The highest BCUT2D eigenvalue weighted by Gasteiger charge is 2.43. The minimum absolute atomic E-state index is 0.228. The Kier molecular flexibility index (Phi) is 3.88. The number of fused-ring (bicyclic) bond motifs is 1. The van der Waals surface area contributed by atoms with Crippen molar-refractivity contribution in [3.05, 3.63) is 12.7 Å². The number of aliphatic hydroxyl groups is 2. The molecule has 1 aliphatic rings. The minimum atomic E-state index is -1.17. The van der Waals surface area contributed by atoms with Crippen molar-refractivity contribution >= 4 is 23.2 Å². The van der Waals surface area contributed by atoms with E-state index in [4.69, 9.17) is 15.3 Å². The lowest BCUT2D eigenvalue weighted by Gasteiger charge is -2.16. The third-order valence-electron chi connectivity index (χ3n) is 3.35. The highest BCUT2D eigenvalue weighted by atomic mass is 16.6. The number of anilines is 1. The van der Waals surface area contributed by atoms with Crippen LogP contribution in [0.1, 0.15) is 13.2 Å². The first-order valence-electron chi connectivity index (χ1n) is 6.73. The Balaban J connectivity index is 1.89. The van der Waals surface area contributed by atoms with Gasteiger partial charge in [-0.2, -0.15) is 0 Å². The molecule has 1 saturated heterocycles. The van der Waals surface area contributed by atoms with E-state index in [9.17, 15) is 10.2 Å². The molecule has 2 aromatic heterocycles. The highest BCUT2D eigenvalue weighted by Crippen LogP contribution is 2.31. The number of nitrogen functional groups attached to an aromatic ring is 1. The molecule has 118 valence electrons. The summed E-state index contributed by atoms with van der Waals surface area (Å²) in [5.41, 5.74) is 6.53. The topological polar surface area (TPSA) is 141 Å². The second-order valence-electron chi connectivity index (χ2n) is 4.73. The van der Waals surface area contributed by atoms with Crippen molar-refractivity contribution in [2.75, 3.05) is 12.3 Å². The highest BCUT2D eigenvalue weighted by molar-refractivity contribution is 5.81. The van der Waals surface area contributed by atoms with Crippen LogP contribution in [0.15, 0.2) is 17.8 Å². The van der Waals surface area contributed by atoms with Crippen LogP contribution in [0.3, 0.4) is 0 Å². The maximum absolute atomic E-state index is 10.2. The van der Waals surface area contributed by atoms with Crippen molar-refractivity contribution in [1.29, 1.82) is 0 Å². The number of nitrogens with two attached hydrogens (primary N) is 1. The maximum atomic E-state index is 10.2. The number of aliphatic hydroxyl groups excluding tert-OH is 2. The van der Waals surface area contributed by atoms with Crippen LogP contribution in [-0.4, -0.2) is 60.9 Å². The molecular weight excluding hydrogens is 292 g/mol. The summed E-state index contributed by atoms with van der Waals surface area (Å²) in [6.45, 7) is 2.18. The number of oxime groups is 1. The SMILES string of the molecule is CCO/N=C/[C@H]1O[C@@H](n2cnc3c(N)ncnc32)[C@H](O)[C@@H]1O. The molecule has 0 amide bonds. The van der Waals surface area contributed by atoms with E-state index in [1.54, 1.807) is 6.92 Å². The van der Waals surface area contributed by atoms with Crippen LogP contribution in [-0.2, 0) is 9.57 Å². The monoisotopic (exact) mass is 308 g/mol. The van der Waals surface area contributed by atoms with Crippen molar-refractivity contribution in [1.82, 2.24) is 19.5 Å².